The van der Waals surface area contributed by atoms with Gasteiger partial charge in [-0.05, 0) is 50.0 Å². The largest absolute Gasteiger partial charge is 0.461 e. The summed E-state index contributed by atoms with van der Waals surface area (Å²) in [7, 11) is 2.10. The van der Waals surface area contributed by atoms with E-state index in [1.54, 1.807) is 0 Å². The number of aliphatic hydroxyl groups is 1. The molecule has 5 rings (SSSR count). The first-order valence-corrected chi connectivity index (χ1v) is 15.7. The Hall–Kier alpha value is -2.04. The summed E-state index contributed by atoms with van der Waals surface area (Å²) < 4.78 is 6.34. The highest BCUT2D eigenvalue weighted by molar-refractivity contribution is 7.99. The van der Waals surface area contributed by atoms with E-state index >= 15 is 0 Å². The lowest BCUT2D eigenvalue weighted by atomic mass is 9.44. The molecule has 2 bridgehead atoms. The summed E-state index contributed by atoms with van der Waals surface area (Å²) in [6.07, 6.45) is 5.73. The number of esters is 1. The smallest absolute Gasteiger partial charge is 0.316 e. The lowest BCUT2D eigenvalue weighted by molar-refractivity contribution is -0.205. The van der Waals surface area contributed by atoms with Crippen molar-refractivity contribution in [3.05, 3.63) is 19.0 Å². The quantitative estimate of drug-likeness (QED) is 0.309. The van der Waals surface area contributed by atoms with E-state index in [0.29, 0.717) is 23.9 Å². The molecule has 8 atom stereocenters. The minimum absolute atomic E-state index is 0.0516. The molecule has 4 fully saturated rings. The third kappa shape index (κ3) is 4.87. The number of nitrogens with zero attached hydrogens (tertiary/aromatic N) is 5. The molecule has 40 heavy (non-hydrogen) atoms. The molecule has 1 saturated heterocycles. The second-order valence-corrected chi connectivity index (χ2v) is 14.2. The van der Waals surface area contributed by atoms with Crippen LogP contribution in [0.15, 0.2) is 24.1 Å². The number of piperazine rings is 1. The average molecular weight is 572 g/mol. The van der Waals surface area contributed by atoms with Gasteiger partial charge < -0.3 is 19.6 Å². The van der Waals surface area contributed by atoms with E-state index in [4.69, 9.17) is 4.74 Å². The molecule has 1 aliphatic heterocycles. The zero-order chi connectivity index (χ0) is 28.9. The van der Waals surface area contributed by atoms with Crippen LogP contribution in [-0.2, 0) is 14.3 Å². The number of Topliss-reactive ketones (excluding diaryl/α,β-unsaturated/α-hetero) is 1. The Morgan fingerprint density at radius 2 is 1.95 bits per heavy atom. The first kappa shape index (κ1) is 29.5. The summed E-state index contributed by atoms with van der Waals surface area (Å²) >= 11 is 1.24. The number of ketones is 1. The number of ether oxygens (including phenoxy) is 1. The number of hydrogen-bond donors (Lipinski definition) is 1. The number of thioether (sulfide) groups is 1. The lowest BCUT2D eigenvalue weighted by Crippen LogP contribution is -2.63. The summed E-state index contributed by atoms with van der Waals surface area (Å²) in [6, 6.07) is 0. The fourth-order valence-corrected chi connectivity index (χ4v) is 8.90. The van der Waals surface area contributed by atoms with E-state index in [9.17, 15) is 14.7 Å². The third-order valence-corrected chi connectivity index (χ3v) is 12.1. The highest BCUT2D eigenvalue weighted by atomic mass is 32.2. The van der Waals surface area contributed by atoms with Crippen molar-refractivity contribution >= 4 is 29.5 Å². The maximum absolute atomic E-state index is 13.6. The molecule has 0 aromatic carbocycles. The van der Waals surface area contributed by atoms with Crippen LogP contribution in [0.4, 0.5) is 5.95 Å². The van der Waals surface area contributed by atoms with Crippen LogP contribution < -0.4 is 4.90 Å². The number of carbonyl (C=O) groups is 2. The van der Waals surface area contributed by atoms with Crippen molar-refractivity contribution in [3.8, 4) is 0 Å². The van der Waals surface area contributed by atoms with Gasteiger partial charge in [-0.1, -0.05) is 45.5 Å². The molecular formula is C30H45N5O4S. The maximum Gasteiger partial charge on any atom is 0.316 e. The minimum Gasteiger partial charge on any atom is -0.461 e. The number of rotatable bonds is 6. The number of anilines is 1. The molecule has 2 heterocycles. The minimum atomic E-state index is -0.676. The number of hydrogen-bond acceptors (Lipinski definition) is 10. The normalized spacial score (nSPS) is 40.2. The summed E-state index contributed by atoms with van der Waals surface area (Å²) in [5.41, 5.74) is -1.45. The van der Waals surface area contributed by atoms with E-state index in [-0.39, 0.29) is 40.7 Å². The van der Waals surface area contributed by atoms with E-state index in [1.165, 1.54) is 18.1 Å². The van der Waals surface area contributed by atoms with Gasteiger partial charge in [0.15, 0.2) is 5.16 Å². The standard InChI is InChI=1S/C30H45N5O4S/c1-7-28(4)16-22(29(5)19(2)8-10-30(20(3)25(28)38)11-9-21(36)24(29)30)39-23(37)17-40-27-32-18-31-26(33-27)35-14-12-34(6)13-15-35/h7,18-20,22,24-25,38H,1,8-17H2,2-6H3/t19-,20+,22-,24+,25+,28-,29+,30+/m1/s1. The predicted octanol–water partition coefficient (Wildman–Crippen LogP) is 3.62. The van der Waals surface area contributed by atoms with Crippen molar-refractivity contribution in [2.45, 2.75) is 77.2 Å². The molecule has 1 aromatic heterocycles. The molecular weight excluding hydrogens is 526 g/mol. The van der Waals surface area contributed by atoms with Gasteiger partial charge in [0.2, 0.25) is 5.95 Å². The zero-order valence-electron chi connectivity index (χ0n) is 24.6. The van der Waals surface area contributed by atoms with Gasteiger partial charge in [-0.3, -0.25) is 9.59 Å². The molecule has 1 aromatic rings. The molecule has 3 saturated carbocycles. The van der Waals surface area contributed by atoms with E-state index in [1.807, 2.05) is 13.0 Å². The molecule has 0 spiro atoms. The molecule has 220 valence electrons. The predicted molar refractivity (Wildman–Crippen MR) is 155 cm³/mol. The second-order valence-electron chi connectivity index (χ2n) is 13.2. The Morgan fingerprint density at radius 3 is 2.65 bits per heavy atom. The maximum atomic E-state index is 13.6. The van der Waals surface area contributed by atoms with Crippen LogP contribution in [0, 0.1) is 34.0 Å². The molecule has 1 N–H and O–H groups in total. The van der Waals surface area contributed by atoms with Gasteiger partial charge in [-0.15, -0.1) is 6.58 Å². The Bertz CT molecular complexity index is 1140. The molecule has 0 amide bonds. The van der Waals surface area contributed by atoms with Crippen molar-refractivity contribution in [2.24, 2.45) is 34.0 Å². The van der Waals surface area contributed by atoms with Crippen LogP contribution in [0.3, 0.4) is 0 Å². The molecule has 10 heteroatoms. The van der Waals surface area contributed by atoms with E-state index in [2.05, 4.69) is 59.1 Å². The van der Waals surface area contributed by atoms with Crippen molar-refractivity contribution < 1.29 is 19.4 Å². The van der Waals surface area contributed by atoms with E-state index < -0.39 is 23.0 Å². The van der Waals surface area contributed by atoms with Crippen LogP contribution in [0.25, 0.3) is 0 Å². The van der Waals surface area contributed by atoms with Crippen molar-refractivity contribution in [1.29, 1.82) is 0 Å². The SMILES string of the molecule is C=C[C@]1(C)C[C@@H](OC(=O)CSc2ncnc(N3CCN(C)CC3)n2)[C@]2(C)[C@H](C)CC[C@]3(CCC(=O)[C@H]32)[C@@H](C)[C@@H]1O. The first-order valence-electron chi connectivity index (χ1n) is 14.7. The van der Waals surface area contributed by atoms with Crippen molar-refractivity contribution in [1.82, 2.24) is 19.9 Å². The summed E-state index contributed by atoms with van der Waals surface area (Å²) in [5, 5.41) is 12.2. The van der Waals surface area contributed by atoms with Gasteiger partial charge in [0.1, 0.15) is 18.2 Å². The monoisotopic (exact) mass is 571 g/mol. The Kier molecular flexibility index (Phi) is 8.09. The van der Waals surface area contributed by atoms with Crippen LogP contribution in [0.1, 0.15) is 59.8 Å². The molecule has 0 radical (unpaired) electrons. The molecule has 0 unspecified atom stereocenters. The Balaban J connectivity index is 1.37. The van der Waals surface area contributed by atoms with Gasteiger partial charge >= 0.3 is 5.97 Å². The van der Waals surface area contributed by atoms with Gasteiger partial charge in [0, 0.05) is 49.3 Å². The topological polar surface area (TPSA) is 109 Å². The summed E-state index contributed by atoms with van der Waals surface area (Å²) in [6.45, 7) is 16.2. The van der Waals surface area contributed by atoms with Crippen LogP contribution >= 0.6 is 11.8 Å². The molecule has 3 aliphatic carbocycles. The van der Waals surface area contributed by atoms with Crippen molar-refractivity contribution in [2.75, 3.05) is 43.9 Å². The summed E-state index contributed by atoms with van der Waals surface area (Å²) in [4.78, 5) is 44.6. The fourth-order valence-electron chi connectivity index (χ4n) is 8.32. The lowest BCUT2D eigenvalue weighted by Gasteiger charge is -2.61. The zero-order valence-corrected chi connectivity index (χ0v) is 25.5. The Morgan fingerprint density at radius 1 is 1.23 bits per heavy atom. The number of likely N-dealkylation sites (N-methyl/N-ethyl adjacent to an activating group) is 1. The highest BCUT2D eigenvalue weighted by Crippen LogP contribution is 2.68. The average Bonchev–Trinajstić information content (AvgIpc) is 3.31. The first-order chi connectivity index (χ1) is 18.9. The Labute approximate surface area is 242 Å². The summed E-state index contributed by atoms with van der Waals surface area (Å²) in [5.74, 6) is 0.495. The van der Waals surface area contributed by atoms with E-state index in [0.717, 1.165) is 45.4 Å². The van der Waals surface area contributed by atoms with Crippen LogP contribution in [-0.4, -0.2) is 87.9 Å². The number of carbonyl (C=O) groups excluding carboxylic acids is 2. The van der Waals surface area contributed by atoms with Gasteiger partial charge in [0.05, 0.1) is 11.9 Å². The number of aromatic nitrogens is 3. The van der Waals surface area contributed by atoms with Gasteiger partial charge in [0.25, 0.3) is 0 Å². The van der Waals surface area contributed by atoms with Gasteiger partial charge in [-0.2, -0.15) is 4.98 Å². The molecule has 4 aliphatic rings. The fraction of sp³-hybridized carbons (Fsp3) is 0.767. The highest BCUT2D eigenvalue weighted by Gasteiger charge is 2.68. The van der Waals surface area contributed by atoms with Crippen molar-refractivity contribution in [3.63, 3.8) is 0 Å². The van der Waals surface area contributed by atoms with Gasteiger partial charge in [-0.25, -0.2) is 9.97 Å². The van der Waals surface area contributed by atoms with Crippen LogP contribution in [0.2, 0.25) is 0 Å². The second kappa shape index (κ2) is 11.0. The van der Waals surface area contributed by atoms with Crippen LogP contribution in [0.5, 0.6) is 0 Å². The number of aliphatic hydroxyl groups excluding tert-OH is 1. The third-order valence-electron chi connectivity index (χ3n) is 11.2. The molecule has 9 nitrogen and oxygen atoms in total.